The standard InChI is InChI=1S/C28H21ClN4/c29-22-13-16-26-27(17-18-30-28(26)19-22)32-31-20-21-11-14-25(15-12-21)33(23-7-3-1-4-8-23)24-9-5-2-6-10-24/h1-20H,(H,30,32)/b31-20+. The highest BCUT2D eigenvalue weighted by atomic mass is 35.5. The van der Waals surface area contributed by atoms with Crippen LogP contribution in [-0.4, -0.2) is 11.2 Å². The van der Waals surface area contributed by atoms with Crippen molar-refractivity contribution < 1.29 is 0 Å². The summed E-state index contributed by atoms with van der Waals surface area (Å²) in [4.78, 5) is 6.59. The van der Waals surface area contributed by atoms with Crippen molar-refractivity contribution in [3.63, 3.8) is 0 Å². The van der Waals surface area contributed by atoms with Crippen molar-refractivity contribution in [2.24, 2.45) is 5.10 Å². The monoisotopic (exact) mass is 448 g/mol. The van der Waals surface area contributed by atoms with Crippen molar-refractivity contribution in [2.45, 2.75) is 0 Å². The fourth-order valence-electron chi connectivity index (χ4n) is 3.71. The van der Waals surface area contributed by atoms with Crippen LogP contribution in [0.15, 0.2) is 120 Å². The van der Waals surface area contributed by atoms with Crippen LogP contribution in [0.2, 0.25) is 5.02 Å². The van der Waals surface area contributed by atoms with E-state index in [0.717, 1.165) is 39.2 Å². The van der Waals surface area contributed by atoms with Gasteiger partial charge in [-0.2, -0.15) is 5.10 Å². The Labute approximate surface area is 197 Å². The molecule has 0 atom stereocenters. The fraction of sp³-hybridized carbons (Fsp3) is 0. The van der Waals surface area contributed by atoms with Crippen molar-refractivity contribution in [3.05, 3.63) is 126 Å². The number of nitrogens with one attached hydrogen (secondary N) is 1. The van der Waals surface area contributed by atoms with Gasteiger partial charge in [0, 0.05) is 33.7 Å². The Hall–Kier alpha value is -4.15. The van der Waals surface area contributed by atoms with Gasteiger partial charge in [-0.25, -0.2) is 0 Å². The van der Waals surface area contributed by atoms with E-state index in [1.807, 2.05) is 36.4 Å². The lowest BCUT2D eigenvalue weighted by Crippen LogP contribution is -2.09. The SMILES string of the molecule is Clc1ccc2c(N/N=C/c3ccc(N(c4ccccc4)c4ccccc4)cc3)ccnc2c1. The molecule has 0 unspecified atom stereocenters. The number of nitrogens with zero attached hydrogens (tertiary/aromatic N) is 3. The van der Waals surface area contributed by atoms with E-state index in [0.29, 0.717) is 5.02 Å². The van der Waals surface area contributed by atoms with Gasteiger partial charge < -0.3 is 4.90 Å². The van der Waals surface area contributed by atoms with E-state index in [2.05, 4.69) is 93.2 Å². The van der Waals surface area contributed by atoms with E-state index in [-0.39, 0.29) is 0 Å². The quantitative estimate of drug-likeness (QED) is 0.213. The lowest BCUT2D eigenvalue weighted by atomic mass is 10.1. The third-order valence-electron chi connectivity index (χ3n) is 5.28. The smallest absolute Gasteiger partial charge is 0.0738 e. The summed E-state index contributed by atoms with van der Waals surface area (Å²) in [7, 11) is 0. The van der Waals surface area contributed by atoms with Crippen LogP contribution in [0.25, 0.3) is 10.9 Å². The number of fused-ring (bicyclic) bond motifs is 1. The second kappa shape index (κ2) is 9.55. The van der Waals surface area contributed by atoms with E-state index in [4.69, 9.17) is 11.6 Å². The van der Waals surface area contributed by atoms with Crippen LogP contribution < -0.4 is 10.3 Å². The zero-order chi connectivity index (χ0) is 22.5. The van der Waals surface area contributed by atoms with E-state index < -0.39 is 0 Å². The Morgan fingerprint density at radius 2 is 1.36 bits per heavy atom. The minimum absolute atomic E-state index is 0.663. The molecule has 0 saturated heterocycles. The Kier molecular flexibility index (Phi) is 6.00. The van der Waals surface area contributed by atoms with E-state index in [9.17, 15) is 0 Å². The van der Waals surface area contributed by atoms with E-state index >= 15 is 0 Å². The summed E-state index contributed by atoms with van der Waals surface area (Å²) in [6.45, 7) is 0. The number of rotatable bonds is 6. The molecule has 0 amide bonds. The minimum Gasteiger partial charge on any atom is -0.311 e. The van der Waals surface area contributed by atoms with Gasteiger partial charge in [-0.3, -0.25) is 10.4 Å². The average Bonchev–Trinajstić information content (AvgIpc) is 2.86. The second-order valence-corrected chi connectivity index (χ2v) is 7.92. The van der Waals surface area contributed by atoms with Crippen molar-refractivity contribution in [1.82, 2.24) is 4.98 Å². The second-order valence-electron chi connectivity index (χ2n) is 7.49. The fourth-order valence-corrected chi connectivity index (χ4v) is 3.87. The molecule has 4 nitrogen and oxygen atoms in total. The van der Waals surface area contributed by atoms with Gasteiger partial charge in [-0.05, 0) is 66.2 Å². The lowest BCUT2D eigenvalue weighted by molar-refractivity contribution is 1.28. The van der Waals surface area contributed by atoms with Crippen LogP contribution in [-0.2, 0) is 0 Å². The molecule has 5 rings (SSSR count). The van der Waals surface area contributed by atoms with E-state index in [1.165, 1.54) is 0 Å². The number of para-hydroxylation sites is 2. The molecule has 0 aliphatic heterocycles. The molecule has 0 saturated carbocycles. The first-order valence-electron chi connectivity index (χ1n) is 10.6. The Bertz CT molecular complexity index is 1350. The normalized spacial score (nSPS) is 11.1. The predicted octanol–water partition coefficient (Wildman–Crippen LogP) is 7.80. The van der Waals surface area contributed by atoms with Crippen LogP contribution in [0.3, 0.4) is 0 Å². The number of hydrogen-bond donors (Lipinski definition) is 1. The summed E-state index contributed by atoms with van der Waals surface area (Å²) in [5.41, 5.74) is 9.12. The van der Waals surface area contributed by atoms with Gasteiger partial charge in [-0.1, -0.05) is 60.1 Å². The molecule has 4 aromatic carbocycles. The molecule has 0 radical (unpaired) electrons. The van der Waals surface area contributed by atoms with Gasteiger partial charge in [0.05, 0.1) is 17.4 Å². The highest BCUT2D eigenvalue weighted by molar-refractivity contribution is 6.31. The van der Waals surface area contributed by atoms with Crippen molar-refractivity contribution in [1.29, 1.82) is 0 Å². The van der Waals surface area contributed by atoms with Crippen LogP contribution in [0, 0.1) is 0 Å². The molecule has 0 aliphatic rings. The molecule has 160 valence electrons. The predicted molar refractivity (Wildman–Crippen MR) is 139 cm³/mol. The number of anilines is 4. The van der Waals surface area contributed by atoms with Crippen LogP contribution >= 0.6 is 11.6 Å². The molecule has 33 heavy (non-hydrogen) atoms. The summed E-state index contributed by atoms with van der Waals surface area (Å²) in [6, 6.07) is 36.6. The number of halogens is 1. The first-order valence-corrected chi connectivity index (χ1v) is 11.0. The molecular formula is C28H21ClN4. The summed E-state index contributed by atoms with van der Waals surface area (Å²) in [6.07, 6.45) is 3.55. The zero-order valence-electron chi connectivity index (χ0n) is 17.8. The van der Waals surface area contributed by atoms with Gasteiger partial charge >= 0.3 is 0 Å². The number of pyridine rings is 1. The summed E-state index contributed by atoms with van der Waals surface area (Å²) in [5, 5.41) is 6.06. The molecule has 5 aromatic rings. The number of hydrogen-bond acceptors (Lipinski definition) is 4. The van der Waals surface area contributed by atoms with Gasteiger partial charge in [0.25, 0.3) is 0 Å². The Morgan fingerprint density at radius 3 is 2.03 bits per heavy atom. The summed E-state index contributed by atoms with van der Waals surface area (Å²) >= 11 is 6.08. The highest BCUT2D eigenvalue weighted by Gasteiger charge is 2.11. The molecule has 1 heterocycles. The maximum atomic E-state index is 6.08. The first-order chi connectivity index (χ1) is 16.3. The first kappa shape index (κ1) is 20.7. The van der Waals surface area contributed by atoms with Gasteiger partial charge in [0.15, 0.2) is 0 Å². The molecule has 1 aromatic heterocycles. The largest absolute Gasteiger partial charge is 0.311 e. The minimum atomic E-state index is 0.663. The lowest BCUT2D eigenvalue weighted by Gasteiger charge is -2.25. The highest BCUT2D eigenvalue weighted by Crippen LogP contribution is 2.34. The van der Waals surface area contributed by atoms with Gasteiger partial charge in [-0.15, -0.1) is 0 Å². The molecule has 5 heteroatoms. The van der Waals surface area contributed by atoms with Crippen LogP contribution in [0.1, 0.15) is 5.56 Å². The molecule has 0 fully saturated rings. The summed E-state index contributed by atoms with van der Waals surface area (Å²) < 4.78 is 0. The van der Waals surface area contributed by atoms with Crippen LogP contribution in [0.5, 0.6) is 0 Å². The van der Waals surface area contributed by atoms with Crippen molar-refractivity contribution in [2.75, 3.05) is 10.3 Å². The summed E-state index contributed by atoms with van der Waals surface area (Å²) in [5.74, 6) is 0. The average molecular weight is 449 g/mol. The number of hydrazone groups is 1. The van der Waals surface area contributed by atoms with Crippen molar-refractivity contribution in [3.8, 4) is 0 Å². The van der Waals surface area contributed by atoms with E-state index in [1.54, 1.807) is 12.4 Å². The van der Waals surface area contributed by atoms with Crippen LogP contribution in [0.4, 0.5) is 22.7 Å². The number of benzene rings is 4. The van der Waals surface area contributed by atoms with Gasteiger partial charge in [0.1, 0.15) is 0 Å². The Balaban J connectivity index is 1.37. The van der Waals surface area contributed by atoms with Crippen molar-refractivity contribution >= 4 is 51.5 Å². The van der Waals surface area contributed by atoms with Gasteiger partial charge in [0.2, 0.25) is 0 Å². The molecule has 1 N–H and O–H groups in total. The third kappa shape index (κ3) is 4.71. The molecular weight excluding hydrogens is 428 g/mol. The zero-order valence-corrected chi connectivity index (χ0v) is 18.5. The molecule has 0 spiro atoms. The molecule has 0 bridgehead atoms. The topological polar surface area (TPSA) is 40.5 Å². The maximum absolute atomic E-state index is 6.08. The Morgan fingerprint density at radius 1 is 0.727 bits per heavy atom. The number of aromatic nitrogens is 1. The molecule has 0 aliphatic carbocycles. The third-order valence-corrected chi connectivity index (χ3v) is 5.52. The maximum Gasteiger partial charge on any atom is 0.0738 e.